The highest BCUT2D eigenvalue weighted by Crippen LogP contribution is 2.29. The van der Waals surface area contributed by atoms with E-state index in [2.05, 4.69) is 20.5 Å². The van der Waals surface area contributed by atoms with Crippen LogP contribution in [0.2, 0.25) is 0 Å². The number of carbonyl (C=O) groups is 1. The average molecular weight is 302 g/mol. The van der Waals surface area contributed by atoms with Crippen LogP contribution in [0.25, 0.3) is 10.7 Å². The summed E-state index contributed by atoms with van der Waals surface area (Å²) in [6.07, 6.45) is 8.45. The van der Waals surface area contributed by atoms with Crippen molar-refractivity contribution >= 4 is 22.4 Å². The third-order valence-electron chi connectivity index (χ3n) is 3.81. The monoisotopic (exact) mass is 302 g/mol. The molecule has 0 spiro atoms. The minimum absolute atomic E-state index is 0.0330. The molecule has 0 bridgehead atoms. The van der Waals surface area contributed by atoms with Gasteiger partial charge < -0.3 is 5.32 Å². The van der Waals surface area contributed by atoms with Crippen molar-refractivity contribution < 1.29 is 4.79 Å². The van der Waals surface area contributed by atoms with Crippen molar-refractivity contribution in [1.29, 1.82) is 0 Å². The van der Waals surface area contributed by atoms with Gasteiger partial charge in [0.1, 0.15) is 5.69 Å². The number of nitrogens with one attached hydrogen (secondary N) is 1. The van der Waals surface area contributed by atoms with Crippen molar-refractivity contribution in [2.45, 2.75) is 38.5 Å². The van der Waals surface area contributed by atoms with Gasteiger partial charge in [-0.1, -0.05) is 43.1 Å². The van der Waals surface area contributed by atoms with Crippen molar-refractivity contribution in [1.82, 2.24) is 15.2 Å². The van der Waals surface area contributed by atoms with E-state index >= 15 is 0 Å². The molecule has 3 rings (SSSR count). The summed E-state index contributed by atoms with van der Waals surface area (Å²) in [5.74, 6) is 0.764. The zero-order valence-electron chi connectivity index (χ0n) is 11.8. The van der Waals surface area contributed by atoms with Gasteiger partial charge in [0.2, 0.25) is 11.0 Å². The molecule has 1 saturated carbocycles. The molecule has 2 aromatic rings. The lowest BCUT2D eigenvalue weighted by molar-refractivity contribution is -0.116. The second-order valence-corrected chi connectivity index (χ2v) is 6.34. The summed E-state index contributed by atoms with van der Waals surface area (Å²) in [6, 6.07) is 5.64. The fourth-order valence-corrected chi connectivity index (χ4v) is 3.42. The lowest BCUT2D eigenvalue weighted by atomic mass is 10.0. The van der Waals surface area contributed by atoms with Crippen molar-refractivity contribution in [3.8, 4) is 10.7 Å². The SMILES string of the molecule is O=C(CCC1CCCC1)Nc1nnc(-c2ccccn2)s1. The number of amides is 1. The highest BCUT2D eigenvalue weighted by molar-refractivity contribution is 7.18. The highest BCUT2D eigenvalue weighted by Gasteiger charge is 2.17. The molecule has 110 valence electrons. The third-order valence-corrected chi connectivity index (χ3v) is 4.67. The Balaban J connectivity index is 1.53. The van der Waals surface area contributed by atoms with Gasteiger partial charge in [-0.2, -0.15) is 0 Å². The van der Waals surface area contributed by atoms with E-state index in [0.29, 0.717) is 11.6 Å². The molecule has 1 aliphatic rings. The number of carbonyl (C=O) groups excluding carboxylic acids is 1. The topological polar surface area (TPSA) is 67.8 Å². The van der Waals surface area contributed by atoms with E-state index in [1.807, 2.05) is 18.2 Å². The number of aromatic nitrogens is 3. The van der Waals surface area contributed by atoms with Gasteiger partial charge in [0.15, 0.2) is 5.01 Å². The molecule has 5 nitrogen and oxygen atoms in total. The molecule has 1 N–H and O–H groups in total. The van der Waals surface area contributed by atoms with Crippen LogP contribution in [0.1, 0.15) is 38.5 Å². The first-order valence-corrected chi connectivity index (χ1v) is 8.17. The fraction of sp³-hybridized carbons (Fsp3) is 0.467. The molecule has 0 saturated heterocycles. The normalized spacial score (nSPS) is 15.2. The Labute approximate surface area is 127 Å². The van der Waals surface area contributed by atoms with E-state index in [-0.39, 0.29) is 5.91 Å². The summed E-state index contributed by atoms with van der Waals surface area (Å²) in [4.78, 5) is 16.2. The predicted octanol–water partition coefficient (Wildman–Crippen LogP) is 3.51. The molecule has 0 radical (unpaired) electrons. The van der Waals surface area contributed by atoms with Gasteiger partial charge in [-0.3, -0.25) is 9.78 Å². The largest absolute Gasteiger partial charge is 0.301 e. The second-order valence-electron chi connectivity index (χ2n) is 5.36. The summed E-state index contributed by atoms with van der Waals surface area (Å²) in [7, 11) is 0. The van der Waals surface area contributed by atoms with Crippen LogP contribution < -0.4 is 5.32 Å². The average Bonchev–Trinajstić information content (AvgIpc) is 3.17. The first kappa shape index (κ1) is 14.1. The molecule has 2 aromatic heterocycles. The summed E-state index contributed by atoms with van der Waals surface area (Å²) in [5.41, 5.74) is 0.779. The van der Waals surface area contributed by atoms with Crippen LogP contribution in [0.15, 0.2) is 24.4 Å². The number of rotatable bonds is 5. The Hall–Kier alpha value is -1.82. The van der Waals surface area contributed by atoms with Crippen LogP contribution in [0.3, 0.4) is 0 Å². The quantitative estimate of drug-likeness (QED) is 0.917. The molecule has 0 unspecified atom stereocenters. The van der Waals surface area contributed by atoms with Crippen LogP contribution in [0, 0.1) is 5.92 Å². The molecule has 1 aliphatic carbocycles. The van der Waals surface area contributed by atoms with Crippen molar-refractivity contribution in [3.05, 3.63) is 24.4 Å². The summed E-state index contributed by atoms with van der Waals surface area (Å²) < 4.78 is 0. The molecule has 2 heterocycles. The van der Waals surface area contributed by atoms with Crippen LogP contribution in [-0.2, 0) is 4.79 Å². The number of hydrogen-bond donors (Lipinski definition) is 1. The van der Waals surface area contributed by atoms with Gasteiger partial charge in [0.25, 0.3) is 0 Å². The van der Waals surface area contributed by atoms with Gasteiger partial charge in [0, 0.05) is 12.6 Å². The Kier molecular flexibility index (Phi) is 4.55. The maximum absolute atomic E-state index is 11.9. The van der Waals surface area contributed by atoms with E-state index in [0.717, 1.165) is 23.0 Å². The van der Waals surface area contributed by atoms with Gasteiger partial charge >= 0.3 is 0 Å². The van der Waals surface area contributed by atoms with E-state index < -0.39 is 0 Å². The smallest absolute Gasteiger partial charge is 0.226 e. The van der Waals surface area contributed by atoms with Gasteiger partial charge in [-0.25, -0.2) is 0 Å². The third kappa shape index (κ3) is 3.85. The summed E-state index contributed by atoms with van der Waals surface area (Å²) in [6.45, 7) is 0. The molecular formula is C15H18N4OS. The van der Waals surface area contributed by atoms with Crippen LogP contribution in [0.5, 0.6) is 0 Å². The predicted molar refractivity (Wildman–Crippen MR) is 83.0 cm³/mol. The molecule has 1 amide bonds. The van der Waals surface area contributed by atoms with Crippen molar-refractivity contribution in [2.24, 2.45) is 5.92 Å². The van der Waals surface area contributed by atoms with Crippen LogP contribution >= 0.6 is 11.3 Å². The lowest BCUT2D eigenvalue weighted by Gasteiger charge is -2.07. The fourth-order valence-electron chi connectivity index (χ4n) is 2.68. The van der Waals surface area contributed by atoms with Gasteiger partial charge in [-0.05, 0) is 24.5 Å². The maximum atomic E-state index is 11.9. The van der Waals surface area contributed by atoms with Gasteiger partial charge in [-0.15, -0.1) is 10.2 Å². The summed E-state index contributed by atoms with van der Waals surface area (Å²) >= 11 is 1.36. The number of hydrogen-bond acceptors (Lipinski definition) is 5. The van der Waals surface area contributed by atoms with Crippen LogP contribution in [-0.4, -0.2) is 21.1 Å². The van der Waals surface area contributed by atoms with Gasteiger partial charge in [0.05, 0.1) is 0 Å². The Bertz CT molecular complexity index is 593. The number of anilines is 1. The Morgan fingerprint density at radius 3 is 2.90 bits per heavy atom. The van der Waals surface area contributed by atoms with Crippen molar-refractivity contribution in [3.63, 3.8) is 0 Å². The molecule has 21 heavy (non-hydrogen) atoms. The minimum Gasteiger partial charge on any atom is -0.301 e. The Morgan fingerprint density at radius 2 is 2.14 bits per heavy atom. The minimum atomic E-state index is 0.0330. The van der Waals surface area contributed by atoms with Crippen molar-refractivity contribution in [2.75, 3.05) is 5.32 Å². The van der Waals surface area contributed by atoms with E-state index in [4.69, 9.17) is 0 Å². The molecule has 0 atom stereocenters. The highest BCUT2D eigenvalue weighted by atomic mass is 32.1. The molecular weight excluding hydrogens is 284 g/mol. The second kappa shape index (κ2) is 6.76. The molecule has 6 heteroatoms. The van der Waals surface area contributed by atoms with Crippen LogP contribution in [0.4, 0.5) is 5.13 Å². The number of pyridine rings is 1. The van der Waals surface area contributed by atoms with E-state index in [1.54, 1.807) is 6.20 Å². The Morgan fingerprint density at radius 1 is 1.29 bits per heavy atom. The zero-order valence-corrected chi connectivity index (χ0v) is 12.6. The zero-order chi connectivity index (χ0) is 14.5. The standard InChI is InChI=1S/C15H18N4OS/c20-13(9-8-11-5-1-2-6-11)17-15-19-18-14(21-15)12-7-3-4-10-16-12/h3-4,7,10-11H,1-2,5-6,8-9H2,(H,17,19,20). The van der Waals surface area contributed by atoms with E-state index in [1.165, 1.54) is 37.0 Å². The first-order chi connectivity index (χ1) is 10.3. The lowest BCUT2D eigenvalue weighted by Crippen LogP contribution is -2.12. The molecule has 0 aliphatic heterocycles. The molecule has 0 aromatic carbocycles. The molecule has 1 fully saturated rings. The number of nitrogens with zero attached hydrogens (tertiary/aromatic N) is 3. The van der Waals surface area contributed by atoms with E-state index in [9.17, 15) is 4.79 Å². The summed E-state index contributed by atoms with van der Waals surface area (Å²) in [5, 5.41) is 12.2. The maximum Gasteiger partial charge on any atom is 0.226 e. The first-order valence-electron chi connectivity index (χ1n) is 7.36.